The van der Waals surface area contributed by atoms with E-state index in [0.717, 1.165) is 31.7 Å². The quantitative estimate of drug-likeness (QED) is 0.930. The number of benzene rings is 1. The molecule has 0 spiro atoms. The molecule has 1 N–H and O–H groups in total. The van der Waals surface area contributed by atoms with Crippen LogP contribution in [0.1, 0.15) is 18.4 Å². The molecule has 0 saturated carbocycles. The lowest BCUT2D eigenvalue weighted by Gasteiger charge is -2.34. The molecular weight excluding hydrogens is 309 g/mol. The number of aromatic nitrogens is 2. The number of piperidine rings is 1. The molecule has 1 saturated heterocycles. The second kappa shape index (κ2) is 7.13. The molecule has 3 rings (SSSR count). The fourth-order valence-corrected chi connectivity index (χ4v) is 2.89. The Morgan fingerprint density at radius 1 is 1.33 bits per heavy atom. The highest BCUT2D eigenvalue weighted by atomic mass is 19.1. The highest BCUT2D eigenvalue weighted by Gasteiger charge is 2.22. The van der Waals surface area contributed by atoms with Crippen LogP contribution in [0.15, 0.2) is 30.6 Å². The average molecular weight is 327 g/mol. The third-order valence-corrected chi connectivity index (χ3v) is 4.14. The van der Waals surface area contributed by atoms with Gasteiger partial charge in [0, 0.05) is 25.2 Å². The molecule has 1 aliphatic rings. The lowest BCUT2D eigenvalue weighted by atomic mass is 10.0. The van der Waals surface area contributed by atoms with Crippen LogP contribution >= 0.6 is 0 Å². The van der Waals surface area contributed by atoms with Crippen molar-refractivity contribution in [2.45, 2.75) is 18.9 Å². The molecular formula is C17H18FN5O. The van der Waals surface area contributed by atoms with E-state index < -0.39 is 5.82 Å². The number of ether oxygens (including phenoxy) is 1. The maximum atomic E-state index is 13.8. The minimum absolute atomic E-state index is 0.115. The van der Waals surface area contributed by atoms with E-state index in [0.29, 0.717) is 11.6 Å². The number of hydrogen-bond donors (Lipinski definition) is 1. The zero-order valence-corrected chi connectivity index (χ0v) is 13.4. The molecule has 6 nitrogen and oxygen atoms in total. The van der Waals surface area contributed by atoms with Gasteiger partial charge in [0.25, 0.3) is 0 Å². The van der Waals surface area contributed by atoms with Crippen molar-refractivity contribution >= 4 is 11.5 Å². The van der Waals surface area contributed by atoms with Crippen LogP contribution in [-0.4, -0.2) is 36.2 Å². The van der Waals surface area contributed by atoms with Crippen molar-refractivity contribution in [2.75, 3.05) is 30.4 Å². The summed E-state index contributed by atoms with van der Waals surface area (Å²) in [4.78, 5) is 10.2. The Bertz CT molecular complexity index is 753. The number of nitriles is 1. The van der Waals surface area contributed by atoms with Gasteiger partial charge in [-0.15, -0.1) is 0 Å². The molecule has 1 aromatic carbocycles. The number of nitrogens with one attached hydrogen (secondary N) is 1. The van der Waals surface area contributed by atoms with Crippen molar-refractivity contribution in [3.05, 3.63) is 42.0 Å². The Hall–Kier alpha value is -2.88. The first-order chi connectivity index (χ1) is 11.7. The minimum Gasteiger partial charge on any atom is -0.481 e. The summed E-state index contributed by atoms with van der Waals surface area (Å²) in [7, 11) is 1.57. The Kier molecular flexibility index (Phi) is 4.75. The standard InChI is InChI=1S/C17H18FN5O/c1-24-17-9-16(20-11-21-17)22-12-5-7-23(8-6-12)15-4-2-3-14(18)13(15)10-19/h2-4,9,11-12H,5-8H2,1H3,(H,20,21,22). The van der Waals surface area contributed by atoms with Gasteiger partial charge in [-0.05, 0) is 25.0 Å². The highest BCUT2D eigenvalue weighted by molar-refractivity contribution is 5.60. The van der Waals surface area contributed by atoms with E-state index in [1.54, 1.807) is 25.3 Å². The summed E-state index contributed by atoms with van der Waals surface area (Å²) in [6, 6.07) is 8.74. The summed E-state index contributed by atoms with van der Waals surface area (Å²) < 4.78 is 18.8. The lowest BCUT2D eigenvalue weighted by molar-refractivity contribution is 0.397. The van der Waals surface area contributed by atoms with Gasteiger partial charge < -0.3 is 15.0 Å². The summed E-state index contributed by atoms with van der Waals surface area (Å²) in [5, 5.41) is 12.5. The van der Waals surface area contributed by atoms with Gasteiger partial charge in [-0.2, -0.15) is 5.26 Å². The SMILES string of the molecule is COc1cc(NC2CCN(c3cccc(F)c3C#N)CC2)ncn1. The Morgan fingerprint density at radius 3 is 2.83 bits per heavy atom. The molecule has 0 aliphatic carbocycles. The van der Waals surface area contributed by atoms with E-state index in [1.165, 1.54) is 12.4 Å². The summed E-state index contributed by atoms with van der Waals surface area (Å²) in [5.41, 5.74) is 0.782. The van der Waals surface area contributed by atoms with Crippen LogP contribution in [0.5, 0.6) is 5.88 Å². The summed E-state index contributed by atoms with van der Waals surface area (Å²) in [6.45, 7) is 1.50. The molecule has 0 amide bonds. The predicted molar refractivity (Wildman–Crippen MR) is 88.6 cm³/mol. The maximum Gasteiger partial charge on any atom is 0.218 e. The predicted octanol–water partition coefficient (Wildman–Crippen LogP) is 2.58. The van der Waals surface area contributed by atoms with Crippen LogP contribution in [0.2, 0.25) is 0 Å². The molecule has 1 fully saturated rings. The van der Waals surface area contributed by atoms with Crippen LogP contribution < -0.4 is 15.0 Å². The first-order valence-corrected chi connectivity index (χ1v) is 7.77. The van der Waals surface area contributed by atoms with Gasteiger partial charge in [0.1, 0.15) is 29.6 Å². The summed E-state index contributed by atoms with van der Waals surface area (Å²) in [6.07, 6.45) is 3.20. The van der Waals surface area contributed by atoms with E-state index in [4.69, 9.17) is 4.74 Å². The average Bonchev–Trinajstić information content (AvgIpc) is 2.62. The molecule has 0 bridgehead atoms. The van der Waals surface area contributed by atoms with Gasteiger partial charge in [0.05, 0.1) is 12.8 Å². The van der Waals surface area contributed by atoms with Crippen LogP contribution in [0.3, 0.4) is 0 Å². The lowest BCUT2D eigenvalue weighted by Crippen LogP contribution is -2.39. The van der Waals surface area contributed by atoms with Crippen LogP contribution in [0, 0.1) is 17.1 Å². The van der Waals surface area contributed by atoms with Gasteiger partial charge in [0.15, 0.2) is 0 Å². The summed E-state index contributed by atoms with van der Waals surface area (Å²) in [5.74, 6) is 0.774. The number of rotatable bonds is 4. The number of nitrogens with zero attached hydrogens (tertiary/aromatic N) is 4. The topological polar surface area (TPSA) is 74.1 Å². The molecule has 124 valence electrons. The van der Waals surface area contributed by atoms with Gasteiger partial charge in [-0.25, -0.2) is 14.4 Å². The van der Waals surface area contributed by atoms with Crippen LogP contribution in [0.4, 0.5) is 15.9 Å². The van der Waals surface area contributed by atoms with E-state index in [-0.39, 0.29) is 11.6 Å². The molecule has 24 heavy (non-hydrogen) atoms. The van der Waals surface area contributed by atoms with Gasteiger partial charge in [-0.1, -0.05) is 6.07 Å². The third-order valence-electron chi connectivity index (χ3n) is 4.14. The highest BCUT2D eigenvalue weighted by Crippen LogP contribution is 2.26. The second-order valence-corrected chi connectivity index (χ2v) is 5.60. The smallest absolute Gasteiger partial charge is 0.218 e. The minimum atomic E-state index is -0.469. The van der Waals surface area contributed by atoms with Crippen LogP contribution in [0.25, 0.3) is 0 Å². The van der Waals surface area contributed by atoms with Crippen molar-refractivity contribution in [2.24, 2.45) is 0 Å². The van der Waals surface area contributed by atoms with Crippen molar-refractivity contribution in [1.82, 2.24) is 9.97 Å². The normalized spacial score (nSPS) is 15.0. The largest absolute Gasteiger partial charge is 0.481 e. The van der Waals surface area contributed by atoms with Gasteiger partial charge in [0.2, 0.25) is 5.88 Å². The monoisotopic (exact) mass is 327 g/mol. The first-order valence-electron chi connectivity index (χ1n) is 7.77. The molecule has 0 radical (unpaired) electrons. The van der Waals surface area contributed by atoms with Crippen LogP contribution in [-0.2, 0) is 0 Å². The Labute approximate surface area is 139 Å². The van der Waals surface area contributed by atoms with Gasteiger partial charge >= 0.3 is 0 Å². The molecule has 1 aliphatic heterocycles. The number of anilines is 2. The molecule has 1 aromatic heterocycles. The van der Waals surface area contributed by atoms with Crippen molar-refractivity contribution in [1.29, 1.82) is 5.26 Å². The Morgan fingerprint density at radius 2 is 2.12 bits per heavy atom. The van der Waals surface area contributed by atoms with Crippen molar-refractivity contribution in [3.63, 3.8) is 0 Å². The fourth-order valence-electron chi connectivity index (χ4n) is 2.89. The second-order valence-electron chi connectivity index (χ2n) is 5.60. The number of methoxy groups -OCH3 is 1. The summed E-state index contributed by atoms with van der Waals surface area (Å²) >= 11 is 0. The van der Waals surface area contributed by atoms with Gasteiger partial charge in [-0.3, -0.25) is 0 Å². The molecule has 7 heteroatoms. The van der Waals surface area contributed by atoms with E-state index in [1.807, 2.05) is 6.07 Å². The van der Waals surface area contributed by atoms with Crippen molar-refractivity contribution in [3.8, 4) is 11.9 Å². The van der Waals surface area contributed by atoms with Crippen molar-refractivity contribution < 1.29 is 9.13 Å². The maximum absolute atomic E-state index is 13.8. The molecule has 2 aromatic rings. The zero-order valence-electron chi connectivity index (χ0n) is 13.4. The zero-order chi connectivity index (χ0) is 16.9. The first kappa shape index (κ1) is 16.0. The molecule has 2 heterocycles. The Balaban J connectivity index is 1.64. The van der Waals surface area contributed by atoms with E-state index in [9.17, 15) is 9.65 Å². The third kappa shape index (κ3) is 3.38. The number of hydrogen-bond acceptors (Lipinski definition) is 6. The molecule has 0 atom stereocenters. The van der Waals surface area contributed by atoms with E-state index in [2.05, 4.69) is 20.2 Å². The van der Waals surface area contributed by atoms with E-state index >= 15 is 0 Å². The fraction of sp³-hybridized carbons (Fsp3) is 0.353. The molecule has 0 unspecified atom stereocenters. The number of halogens is 1.